The quantitative estimate of drug-likeness (QED) is 0.796. The summed E-state index contributed by atoms with van der Waals surface area (Å²) in [6, 6.07) is 10.7. The number of nitrogens with zero attached hydrogens (tertiary/aromatic N) is 4. The molecule has 116 valence electrons. The van der Waals surface area contributed by atoms with E-state index in [0.29, 0.717) is 16.3 Å². The molecule has 0 unspecified atom stereocenters. The molecule has 8 heteroatoms. The van der Waals surface area contributed by atoms with Crippen molar-refractivity contribution in [2.45, 2.75) is 6.54 Å². The molecule has 2 aromatic carbocycles. The van der Waals surface area contributed by atoms with E-state index in [9.17, 15) is 9.18 Å². The van der Waals surface area contributed by atoms with Crippen molar-refractivity contribution in [2.24, 2.45) is 0 Å². The van der Waals surface area contributed by atoms with Gasteiger partial charge in [0, 0.05) is 11.6 Å². The molecule has 0 saturated carbocycles. The zero-order valence-corrected chi connectivity index (χ0v) is 12.5. The first-order valence-electron chi connectivity index (χ1n) is 6.69. The van der Waals surface area contributed by atoms with E-state index in [-0.39, 0.29) is 18.3 Å². The van der Waals surface area contributed by atoms with Crippen molar-refractivity contribution >= 4 is 17.5 Å². The van der Waals surface area contributed by atoms with Crippen LogP contribution in [0, 0.1) is 5.82 Å². The Labute approximate surface area is 135 Å². The van der Waals surface area contributed by atoms with Gasteiger partial charge in [0.1, 0.15) is 12.1 Å². The predicted octanol–water partition coefficient (Wildman–Crippen LogP) is 2.38. The van der Waals surface area contributed by atoms with E-state index >= 15 is 0 Å². The van der Waals surface area contributed by atoms with E-state index in [0.717, 1.165) is 5.56 Å². The Bertz CT molecular complexity index is 820. The number of hydrogen-bond donors (Lipinski definition) is 1. The van der Waals surface area contributed by atoms with Crippen LogP contribution in [0.25, 0.3) is 5.69 Å². The largest absolute Gasteiger partial charge is 0.348 e. The second-order valence-electron chi connectivity index (χ2n) is 4.73. The Hall–Kier alpha value is -2.80. The fraction of sp³-hybridized carbons (Fsp3) is 0.0667. The number of carbonyl (C=O) groups excluding carboxylic acids is 1. The number of aromatic nitrogens is 4. The van der Waals surface area contributed by atoms with Crippen LogP contribution in [0.15, 0.2) is 48.8 Å². The molecule has 0 spiro atoms. The zero-order valence-electron chi connectivity index (χ0n) is 11.8. The number of hydrogen-bond acceptors (Lipinski definition) is 4. The number of amides is 1. The summed E-state index contributed by atoms with van der Waals surface area (Å²) in [5.74, 6) is -0.629. The van der Waals surface area contributed by atoms with Crippen LogP contribution in [0.3, 0.4) is 0 Å². The van der Waals surface area contributed by atoms with Gasteiger partial charge in [-0.1, -0.05) is 23.7 Å². The van der Waals surface area contributed by atoms with Crippen LogP contribution >= 0.6 is 11.6 Å². The highest BCUT2D eigenvalue weighted by Gasteiger charge is 2.14. The van der Waals surface area contributed by atoms with Crippen molar-refractivity contribution in [1.82, 2.24) is 25.5 Å². The van der Waals surface area contributed by atoms with E-state index in [4.69, 9.17) is 11.6 Å². The summed E-state index contributed by atoms with van der Waals surface area (Å²) in [6.07, 6.45) is 1.38. The van der Waals surface area contributed by atoms with Gasteiger partial charge in [-0.2, -0.15) is 4.68 Å². The summed E-state index contributed by atoms with van der Waals surface area (Å²) >= 11 is 5.98. The molecule has 0 aliphatic carbocycles. The van der Waals surface area contributed by atoms with Gasteiger partial charge in [-0.05, 0) is 46.3 Å². The number of rotatable bonds is 4. The topological polar surface area (TPSA) is 72.7 Å². The Morgan fingerprint density at radius 2 is 2.00 bits per heavy atom. The van der Waals surface area contributed by atoms with Crippen LogP contribution in [0.2, 0.25) is 5.02 Å². The first-order valence-corrected chi connectivity index (χ1v) is 7.07. The van der Waals surface area contributed by atoms with Crippen molar-refractivity contribution in [3.63, 3.8) is 0 Å². The van der Waals surface area contributed by atoms with Gasteiger partial charge in [0.2, 0.25) is 0 Å². The number of nitrogens with one attached hydrogen (secondary N) is 1. The highest BCUT2D eigenvalue weighted by molar-refractivity contribution is 6.31. The number of carbonyl (C=O) groups is 1. The molecular formula is C15H11ClFN5O. The van der Waals surface area contributed by atoms with Gasteiger partial charge in [-0.15, -0.1) is 5.10 Å². The number of benzene rings is 2. The van der Waals surface area contributed by atoms with Crippen LogP contribution in [0.4, 0.5) is 4.39 Å². The summed E-state index contributed by atoms with van der Waals surface area (Å²) in [5.41, 5.74) is 1.64. The molecule has 0 bridgehead atoms. The SMILES string of the molecule is O=C(NCc1ccc(F)cc1)c1ccc(Cl)cc1-n1cnnn1. The molecule has 3 aromatic rings. The normalized spacial score (nSPS) is 10.5. The maximum atomic E-state index is 12.9. The lowest BCUT2D eigenvalue weighted by molar-refractivity contribution is 0.0951. The van der Waals surface area contributed by atoms with Gasteiger partial charge in [0.15, 0.2) is 0 Å². The average molecular weight is 332 g/mol. The van der Waals surface area contributed by atoms with E-state index in [1.807, 2.05) is 0 Å². The van der Waals surface area contributed by atoms with Gasteiger partial charge in [-0.25, -0.2) is 4.39 Å². The molecule has 3 rings (SSSR count). The third-order valence-corrected chi connectivity index (χ3v) is 3.40. The summed E-state index contributed by atoms with van der Waals surface area (Å²) < 4.78 is 14.2. The summed E-state index contributed by atoms with van der Waals surface area (Å²) in [6.45, 7) is 0.275. The Morgan fingerprint density at radius 3 is 2.70 bits per heavy atom. The van der Waals surface area contributed by atoms with Crippen LogP contribution in [0.1, 0.15) is 15.9 Å². The first kappa shape index (κ1) is 15.1. The highest BCUT2D eigenvalue weighted by Crippen LogP contribution is 2.19. The Kier molecular flexibility index (Phi) is 4.29. The maximum absolute atomic E-state index is 12.9. The molecule has 1 aromatic heterocycles. The maximum Gasteiger partial charge on any atom is 0.253 e. The minimum Gasteiger partial charge on any atom is -0.348 e. The molecule has 1 heterocycles. The molecule has 0 saturated heterocycles. The number of tetrazole rings is 1. The third-order valence-electron chi connectivity index (χ3n) is 3.17. The summed E-state index contributed by atoms with van der Waals surface area (Å²) in [4.78, 5) is 12.4. The second-order valence-corrected chi connectivity index (χ2v) is 5.16. The van der Waals surface area contributed by atoms with Crippen molar-refractivity contribution in [1.29, 1.82) is 0 Å². The smallest absolute Gasteiger partial charge is 0.253 e. The summed E-state index contributed by atoms with van der Waals surface area (Å²) in [5, 5.41) is 14.1. The molecule has 6 nitrogen and oxygen atoms in total. The molecule has 1 amide bonds. The number of halogens is 2. The monoisotopic (exact) mass is 331 g/mol. The molecule has 1 N–H and O–H groups in total. The van der Waals surface area contributed by atoms with Gasteiger partial charge in [0.05, 0.1) is 11.3 Å². The lowest BCUT2D eigenvalue weighted by atomic mass is 10.1. The minimum atomic E-state index is -0.321. The highest BCUT2D eigenvalue weighted by atomic mass is 35.5. The second kappa shape index (κ2) is 6.53. The molecule has 0 aliphatic heterocycles. The van der Waals surface area contributed by atoms with Crippen molar-refractivity contribution < 1.29 is 9.18 Å². The van der Waals surface area contributed by atoms with Crippen LogP contribution in [0.5, 0.6) is 0 Å². The van der Waals surface area contributed by atoms with Crippen molar-refractivity contribution in [3.05, 3.63) is 70.8 Å². The molecule has 0 aliphatic rings. The molecule has 0 radical (unpaired) electrons. The Balaban J connectivity index is 1.81. The van der Waals surface area contributed by atoms with E-state index in [2.05, 4.69) is 20.8 Å². The third kappa shape index (κ3) is 3.51. The first-order chi connectivity index (χ1) is 11.1. The molecule has 0 fully saturated rings. The van der Waals surface area contributed by atoms with E-state index in [1.54, 1.807) is 30.3 Å². The fourth-order valence-corrected chi connectivity index (χ4v) is 2.20. The lowest BCUT2D eigenvalue weighted by Crippen LogP contribution is -2.24. The molecular weight excluding hydrogens is 321 g/mol. The van der Waals surface area contributed by atoms with Crippen molar-refractivity contribution in [3.8, 4) is 5.69 Å². The average Bonchev–Trinajstić information content (AvgIpc) is 3.08. The minimum absolute atomic E-state index is 0.275. The zero-order chi connectivity index (χ0) is 16.2. The standard InChI is InChI=1S/C15H11ClFN5O/c16-11-3-6-13(14(7-11)22-9-19-20-21-22)15(23)18-8-10-1-4-12(17)5-2-10/h1-7,9H,8H2,(H,18,23). The van der Waals surface area contributed by atoms with E-state index < -0.39 is 0 Å². The van der Waals surface area contributed by atoms with Gasteiger partial charge in [-0.3, -0.25) is 4.79 Å². The molecule has 0 atom stereocenters. The summed E-state index contributed by atoms with van der Waals surface area (Å²) in [7, 11) is 0. The van der Waals surface area contributed by atoms with Crippen LogP contribution in [-0.2, 0) is 6.54 Å². The van der Waals surface area contributed by atoms with Gasteiger partial charge in [0.25, 0.3) is 5.91 Å². The Morgan fingerprint density at radius 1 is 1.22 bits per heavy atom. The predicted molar refractivity (Wildman–Crippen MR) is 81.7 cm³/mol. The fourth-order valence-electron chi connectivity index (χ4n) is 2.04. The molecule has 23 heavy (non-hydrogen) atoms. The van der Waals surface area contributed by atoms with E-state index in [1.165, 1.54) is 23.1 Å². The lowest BCUT2D eigenvalue weighted by Gasteiger charge is -2.10. The van der Waals surface area contributed by atoms with Crippen LogP contribution in [-0.4, -0.2) is 26.1 Å². The van der Waals surface area contributed by atoms with Crippen molar-refractivity contribution in [2.75, 3.05) is 0 Å². The van der Waals surface area contributed by atoms with Gasteiger partial charge >= 0.3 is 0 Å². The van der Waals surface area contributed by atoms with Crippen LogP contribution < -0.4 is 5.32 Å². The van der Waals surface area contributed by atoms with Gasteiger partial charge < -0.3 is 5.32 Å².